The molecule has 0 heterocycles. The van der Waals surface area contributed by atoms with Crippen molar-refractivity contribution in [2.24, 2.45) is 0 Å². The molecule has 0 fully saturated rings. The van der Waals surface area contributed by atoms with Crippen molar-refractivity contribution >= 4 is 20.7 Å². The van der Waals surface area contributed by atoms with E-state index >= 15 is 0 Å². The average Bonchev–Trinajstić information content (AvgIpc) is 2.58. The number of carbonyl (C=O) groups is 1. The van der Waals surface area contributed by atoms with Gasteiger partial charge in [0.2, 0.25) is 5.91 Å². The van der Waals surface area contributed by atoms with Crippen molar-refractivity contribution < 1.29 is 4.79 Å². The average molecular weight is 311 g/mol. The number of hydrogen-bond donors (Lipinski definition) is 1. The Morgan fingerprint density at radius 2 is 1.50 bits per heavy atom. The van der Waals surface area contributed by atoms with Crippen molar-refractivity contribution in [1.29, 1.82) is 0 Å². The van der Waals surface area contributed by atoms with Crippen molar-refractivity contribution in [3.63, 3.8) is 0 Å². The van der Waals surface area contributed by atoms with E-state index in [1.807, 2.05) is 12.1 Å². The van der Waals surface area contributed by atoms with Crippen LogP contribution in [0.1, 0.15) is 24.5 Å². The molecule has 2 aromatic carbocycles. The van der Waals surface area contributed by atoms with Gasteiger partial charge in [0.15, 0.2) is 0 Å². The first-order valence-corrected chi connectivity index (χ1v) is 7.82. The van der Waals surface area contributed by atoms with Crippen LogP contribution in [0.3, 0.4) is 0 Å². The van der Waals surface area contributed by atoms with Crippen LogP contribution in [0.4, 0.5) is 0 Å². The largest absolute Gasteiger partial charge is 0.333 e. The van der Waals surface area contributed by atoms with Gasteiger partial charge in [-0.25, -0.2) is 0 Å². The highest BCUT2D eigenvalue weighted by Gasteiger charge is 2.01. The number of benzene rings is 2. The molecule has 1 atom stereocenters. The number of carbonyl (C=O) groups excluding carboxylic acids is 1. The summed E-state index contributed by atoms with van der Waals surface area (Å²) in [6, 6.07) is 20.8. The summed E-state index contributed by atoms with van der Waals surface area (Å²) >= 11 is 0. The fourth-order valence-corrected chi connectivity index (χ4v) is 2.20. The standard InChI is InChI=1S/C14H13P.C5H9NO/c15-11-14(12-7-3-1-4-8-12)13-9-5-2-6-10-13;1-3-5(7)6-4-2/h1-11H,15H2;4H,2-3H2,1H3,(H,6,7). The van der Waals surface area contributed by atoms with Crippen molar-refractivity contribution in [2.75, 3.05) is 0 Å². The SMILES string of the molecule is C=CNC(=O)CC.PC=C(c1ccccc1)c1ccccc1. The topological polar surface area (TPSA) is 29.1 Å². The van der Waals surface area contributed by atoms with E-state index < -0.39 is 0 Å². The lowest BCUT2D eigenvalue weighted by atomic mass is 10.00. The van der Waals surface area contributed by atoms with E-state index in [-0.39, 0.29) is 5.91 Å². The first kappa shape index (κ1) is 17.9. The number of amides is 1. The van der Waals surface area contributed by atoms with E-state index in [9.17, 15) is 4.79 Å². The Labute approximate surface area is 135 Å². The van der Waals surface area contributed by atoms with Gasteiger partial charge in [-0.15, -0.1) is 9.24 Å². The van der Waals surface area contributed by atoms with E-state index in [0.29, 0.717) is 6.42 Å². The zero-order valence-electron chi connectivity index (χ0n) is 12.8. The van der Waals surface area contributed by atoms with Gasteiger partial charge < -0.3 is 5.32 Å². The van der Waals surface area contributed by atoms with Gasteiger partial charge >= 0.3 is 0 Å². The maximum absolute atomic E-state index is 10.2. The van der Waals surface area contributed by atoms with E-state index in [1.165, 1.54) is 22.9 Å². The second kappa shape index (κ2) is 10.5. The highest BCUT2D eigenvalue weighted by molar-refractivity contribution is 7.21. The van der Waals surface area contributed by atoms with Gasteiger partial charge in [0.1, 0.15) is 0 Å². The van der Waals surface area contributed by atoms with E-state index in [1.54, 1.807) is 6.92 Å². The molecule has 1 amide bonds. The van der Waals surface area contributed by atoms with Crippen LogP contribution in [-0.2, 0) is 4.79 Å². The first-order chi connectivity index (χ1) is 10.7. The van der Waals surface area contributed by atoms with Gasteiger partial charge in [0, 0.05) is 6.42 Å². The molecule has 0 bridgehead atoms. The van der Waals surface area contributed by atoms with Crippen LogP contribution < -0.4 is 5.32 Å². The van der Waals surface area contributed by atoms with Gasteiger partial charge in [-0.3, -0.25) is 4.79 Å². The van der Waals surface area contributed by atoms with Gasteiger partial charge in [0.25, 0.3) is 0 Å². The first-order valence-electron chi connectivity index (χ1n) is 7.16. The molecule has 2 rings (SSSR count). The maximum Gasteiger partial charge on any atom is 0.223 e. The number of rotatable bonds is 4. The second-order valence-corrected chi connectivity index (χ2v) is 4.77. The highest BCUT2D eigenvalue weighted by atomic mass is 31.0. The van der Waals surface area contributed by atoms with Crippen molar-refractivity contribution in [1.82, 2.24) is 5.32 Å². The molecule has 0 aromatic heterocycles. The van der Waals surface area contributed by atoms with E-state index in [4.69, 9.17) is 0 Å². The molecule has 1 N–H and O–H groups in total. The van der Waals surface area contributed by atoms with Crippen LogP contribution in [0.25, 0.3) is 5.57 Å². The third-order valence-electron chi connectivity index (χ3n) is 2.92. The molecule has 0 aliphatic heterocycles. The Morgan fingerprint density at radius 3 is 1.77 bits per heavy atom. The van der Waals surface area contributed by atoms with Gasteiger partial charge in [-0.05, 0) is 22.9 Å². The Morgan fingerprint density at radius 1 is 1.05 bits per heavy atom. The minimum Gasteiger partial charge on any atom is -0.333 e. The number of nitrogens with one attached hydrogen (secondary N) is 1. The van der Waals surface area contributed by atoms with Crippen LogP contribution in [0.5, 0.6) is 0 Å². The predicted octanol–water partition coefficient (Wildman–Crippen LogP) is 4.61. The quantitative estimate of drug-likeness (QED) is 0.821. The molecule has 0 radical (unpaired) electrons. The molecule has 0 aliphatic rings. The summed E-state index contributed by atoms with van der Waals surface area (Å²) in [5, 5.41) is 2.42. The molecular formula is C19H22NOP. The summed E-state index contributed by atoms with van der Waals surface area (Å²) in [5.74, 6) is 2.08. The monoisotopic (exact) mass is 311 g/mol. The lowest BCUT2D eigenvalue weighted by Gasteiger charge is -2.06. The number of hydrogen-bond acceptors (Lipinski definition) is 1. The van der Waals surface area contributed by atoms with Crippen molar-refractivity contribution in [2.45, 2.75) is 13.3 Å². The molecule has 1 unspecified atom stereocenters. The molecule has 2 aromatic rings. The van der Waals surface area contributed by atoms with Gasteiger partial charge in [0.05, 0.1) is 0 Å². The second-order valence-electron chi connectivity index (χ2n) is 4.44. The third-order valence-corrected chi connectivity index (χ3v) is 3.25. The molecule has 0 spiro atoms. The third kappa shape index (κ3) is 6.07. The maximum atomic E-state index is 10.2. The highest BCUT2D eigenvalue weighted by Crippen LogP contribution is 2.24. The minimum atomic E-state index is 0.00926. The summed E-state index contributed by atoms with van der Waals surface area (Å²) in [4.78, 5) is 10.2. The molecule has 0 saturated carbocycles. The Hall–Kier alpha value is -2.18. The van der Waals surface area contributed by atoms with Crippen LogP contribution in [-0.4, -0.2) is 5.91 Å². The molecule has 22 heavy (non-hydrogen) atoms. The molecule has 0 aliphatic carbocycles. The molecule has 3 heteroatoms. The molecule has 2 nitrogen and oxygen atoms in total. The lowest BCUT2D eigenvalue weighted by molar-refractivity contribution is -0.119. The minimum absolute atomic E-state index is 0.00926. The van der Waals surface area contributed by atoms with Crippen molar-refractivity contribution in [3.05, 3.63) is 90.4 Å². The lowest BCUT2D eigenvalue weighted by Crippen LogP contribution is -2.13. The van der Waals surface area contributed by atoms with Crippen LogP contribution >= 0.6 is 9.24 Å². The van der Waals surface area contributed by atoms with Gasteiger partial charge in [-0.1, -0.05) is 80.0 Å². The summed E-state index contributed by atoms with van der Waals surface area (Å²) < 4.78 is 0. The van der Waals surface area contributed by atoms with E-state index in [2.05, 4.69) is 75.5 Å². The van der Waals surface area contributed by atoms with Gasteiger partial charge in [-0.2, -0.15) is 0 Å². The predicted molar refractivity (Wildman–Crippen MR) is 98.3 cm³/mol. The summed E-state index contributed by atoms with van der Waals surface area (Å²) in [6.45, 7) is 5.11. The molecule has 0 saturated heterocycles. The summed E-state index contributed by atoms with van der Waals surface area (Å²) in [7, 11) is 2.68. The van der Waals surface area contributed by atoms with E-state index in [0.717, 1.165) is 0 Å². The summed E-state index contributed by atoms with van der Waals surface area (Å²) in [5.41, 5.74) is 3.75. The zero-order chi connectivity index (χ0) is 16.2. The summed E-state index contributed by atoms with van der Waals surface area (Å²) in [6.07, 6.45) is 1.90. The fraction of sp³-hybridized carbons (Fsp3) is 0.105. The van der Waals surface area contributed by atoms with Crippen LogP contribution in [0.2, 0.25) is 0 Å². The fourth-order valence-electron chi connectivity index (χ4n) is 1.81. The Bertz CT molecular complexity index is 564. The molecule has 114 valence electrons. The normalized spacial score (nSPS) is 9.00. The molecular weight excluding hydrogens is 289 g/mol. The zero-order valence-corrected chi connectivity index (χ0v) is 14.0. The van der Waals surface area contributed by atoms with Crippen LogP contribution in [0, 0.1) is 0 Å². The smallest absolute Gasteiger partial charge is 0.223 e. The van der Waals surface area contributed by atoms with Crippen molar-refractivity contribution in [3.8, 4) is 0 Å². The Balaban J connectivity index is 0.000000295. The van der Waals surface area contributed by atoms with Crippen LogP contribution in [0.15, 0.2) is 79.3 Å². The Kier molecular flexibility index (Phi) is 8.56.